The monoisotopic (exact) mass is 392 g/mol. The van der Waals surface area contributed by atoms with Crippen molar-refractivity contribution in [3.8, 4) is 0 Å². The number of ketones is 2. The Bertz CT molecular complexity index is 773. The normalized spacial score (nSPS) is 50.3. The van der Waals surface area contributed by atoms with Gasteiger partial charge in [-0.15, -0.1) is 0 Å². The molecule has 0 bridgehead atoms. The van der Waals surface area contributed by atoms with Crippen LogP contribution < -0.4 is 0 Å². The van der Waals surface area contributed by atoms with Crippen LogP contribution in [0.2, 0.25) is 0 Å². The van der Waals surface area contributed by atoms with Gasteiger partial charge in [0.15, 0.2) is 11.5 Å². The summed E-state index contributed by atoms with van der Waals surface area (Å²) in [5.74, 6) is -2.25. The van der Waals surface area contributed by atoms with Gasteiger partial charge in [-0.3, -0.25) is 14.4 Å². The molecule has 0 amide bonds. The molecule has 0 aromatic carbocycles. The van der Waals surface area contributed by atoms with Crippen LogP contribution in [-0.2, 0) is 28.6 Å². The fraction of sp³-hybridized carbons (Fsp3) is 0.762. The minimum atomic E-state index is -1.15. The Labute approximate surface area is 164 Å². The van der Waals surface area contributed by atoms with Crippen molar-refractivity contribution in [3.05, 3.63) is 11.8 Å². The third-order valence-electron chi connectivity index (χ3n) is 8.30. The van der Waals surface area contributed by atoms with Gasteiger partial charge in [-0.05, 0) is 18.3 Å². The molecule has 28 heavy (non-hydrogen) atoms. The summed E-state index contributed by atoms with van der Waals surface area (Å²) in [6.07, 6.45) is -0.295. The zero-order valence-electron chi connectivity index (χ0n) is 16.9. The van der Waals surface area contributed by atoms with Gasteiger partial charge < -0.3 is 19.3 Å². The first-order valence-electron chi connectivity index (χ1n) is 9.87. The predicted octanol–water partition coefficient (Wildman–Crippen LogP) is 1.27. The molecule has 9 unspecified atom stereocenters. The van der Waals surface area contributed by atoms with E-state index < -0.39 is 41.0 Å². The summed E-state index contributed by atoms with van der Waals surface area (Å²) < 4.78 is 16.6. The zero-order valence-corrected chi connectivity index (χ0v) is 16.9. The highest BCUT2D eigenvalue weighted by atomic mass is 16.5. The molecule has 3 fully saturated rings. The van der Waals surface area contributed by atoms with Gasteiger partial charge in [0.25, 0.3) is 0 Å². The van der Waals surface area contributed by atoms with E-state index in [0.29, 0.717) is 0 Å². The summed E-state index contributed by atoms with van der Waals surface area (Å²) in [6, 6.07) is 0. The molecule has 0 radical (unpaired) electrons. The average Bonchev–Trinajstić information content (AvgIpc) is 2.63. The highest BCUT2D eigenvalue weighted by Crippen LogP contribution is 2.67. The summed E-state index contributed by atoms with van der Waals surface area (Å²) in [4.78, 5) is 38.7. The summed E-state index contributed by atoms with van der Waals surface area (Å²) in [5, 5.41) is 11.4. The predicted molar refractivity (Wildman–Crippen MR) is 96.9 cm³/mol. The van der Waals surface area contributed by atoms with E-state index in [1.807, 2.05) is 13.8 Å². The lowest BCUT2D eigenvalue weighted by Crippen LogP contribution is -2.73. The topological polar surface area (TPSA) is 99.1 Å². The number of ether oxygens (including phenoxy) is 3. The van der Waals surface area contributed by atoms with Crippen LogP contribution in [0.15, 0.2) is 11.8 Å². The van der Waals surface area contributed by atoms with Gasteiger partial charge in [0.1, 0.15) is 6.10 Å². The summed E-state index contributed by atoms with van der Waals surface area (Å²) in [5.41, 5.74) is -1.79. The van der Waals surface area contributed by atoms with Crippen molar-refractivity contribution in [2.45, 2.75) is 51.9 Å². The average molecular weight is 392 g/mol. The van der Waals surface area contributed by atoms with Crippen molar-refractivity contribution in [3.63, 3.8) is 0 Å². The van der Waals surface area contributed by atoms with Gasteiger partial charge >= 0.3 is 5.97 Å². The first-order chi connectivity index (χ1) is 13.1. The maximum Gasteiger partial charge on any atom is 0.306 e. The Balaban J connectivity index is 1.94. The quantitative estimate of drug-likeness (QED) is 0.707. The molecule has 0 aromatic heterocycles. The number of hydrogen-bond acceptors (Lipinski definition) is 7. The van der Waals surface area contributed by atoms with Crippen molar-refractivity contribution in [2.24, 2.45) is 34.5 Å². The van der Waals surface area contributed by atoms with E-state index in [0.717, 1.165) is 0 Å². The number of carbonyl (C=O) groups is 3. The minimum absolute atomic E-state index is 0.0231. The molecule has 3 aliphatic carbocycles. The summed E-state index contributed by atoms with van der Waals surface area (Å²) in [6.45, 7) is 5.73. The molecule has 9 atom stereocenters. The van der Waals surface area contributed by atoms with E-state index in [2.05, 4.69) is 0 Å². The van der Waals surface area contributed by atoms with Crippen molar-refractivity contribution in [1.29, 1.82) is 0 Å². The van der Waals surface area contributed by atoms with Crippen LogP contribution in [0.1, 0.15) is 33.6 Å². The van der Waals surface area contributed by atoms with Gasteiger partial charge in [0.2, 0.25) is 5.78 Å². The SMILES string of the molecule is COC1=CC(=O)C2CC3OC(=O)CC4C(C)C(OC)C(O)C(C2(C)C1=O)C34C. The maximum atomic E-state index is 13.5. The number of allylic oxidation sites excluding steroid dienone is 2. The Hall–Kier alpha value is -1.73. The summed E-state index contributed by atoms with van der Waals surface area (Å²) >= 11 is 0. The lowest BCUT2D eigenvalue weighted by molar-refractivity contribution is -0.274. The Morgan fingerprint density at radius 3 is 2.50 bits per heavy atom. The second kappa shape index (κ2) is 6.13. The van der Waals surface area contributed by atoms with Crippen LogP contribution in [0.3, 0.4) is 0 Å². The number of aliphatic hydroxyl groups is 1. The highest BCUT2D eigenvalue weighted by molar-refractivity contribution is 6.12. The molecule has 1 saturated heterocycles. The molecule has 4 rings (SSSR count). The van der Waals surface area contributed by atoms with E-state index in [9.17, 15) is 19.5 Å². The molecular formula is C21H28O7. The molecule has 1 N–H and O–H groups in total. The number of Topliss-reactive ketones (excluding diaryl/α,β-unsaturated/α-hetero) is 1. The molecule has 0 spiro atoms. The van der Waals surface area contributed by atoms with Crippen LogP contribution in [0.4, 0.5) is 0 Å². The van der Waals surface area contributed by atoms with Crippen molar-refractivity contribution in [2.75, 3.05) is 14.2 Å². The number of methoxy groups -OCH3 is 2. The van der Waals surface area contributed by atoms with Crippen molar-refractivity contribution >= 4 is 17.5 Å². The van der Waals surface area contributed by atoms with Crippen molar-refractivity contribution < 1.29 is 33.7 Å². The molecule has 7 nitrogen and oxygen atoms in total. The van der Waals surface area contributed by atoms with E-state index in [-0.39, 0.29) is 48.0 Å². The summed E-state index contributed by atoms with van der Waals surface area (Å²) in [7, 11) is 2.90. The molecule has 4 aliphatic rings. The molecule has 1 aliphatic heterocycles. The number of hydrogen-bond donors (Lipinski definition) is 1. The van der Waals surface area contributed by atoms with Crippen molar-refractivity contribution in [1.82, 2.24) is 0 Å². The Kier molecular flexibility index (Phi) is 4.29. The van der Waals surface area contributed by atoms with Crippen LogP contribution >= 0.6 is 0 Å². The number of carbonyl (C=O) groups excluding carboxylic acids is 3. The van der Waals surface area contributed by atoms with Crippen LogP contribution in [0.25, 0.3) is 0 Å². The number of rotatable bonds is 2. The fourth-order valence-corrected chi connectivity index (χ4v) is 7.01. The maximum absolute atomic E-state index is 13.5. The molecule has 7 heteroatoms. The number of aliphatic hydroxyl groups excluding tert-OH is 1. The Morgan fingerprint density at radius 1 is 1.21 bits per heavy atom. The lowest BCUT2D eigenvalue weighted by Gasteiger charge is -2.67. The van der Waals surface area contributed by atoms with E-state index in [1.165, 1.54) is 20.3 Å². The van der Waals surface area contributed by atoms with Crippen LogP contribution in [0, 0.1) is 34.5 Å². The highest BCUT2D eigenvalue weighted by Gasteiger charge is 2.73. The standard InChI is InChI=1S/C21H28O7/c1-9-10-7-15(23)28-14-6-11-12(22)8-13(26-4)19(25)21(11,3)18(20(10,14)2)16(24)17(9)27-5/h8-11,14,16-18,24H,6-7H2,1-5H3. The van der Waals surface area contributed by atoms with Gasteiger partial charge in [0, 0.05) is 36.9 Å². The molecule has 154 valence electrons. The largest absolute Gasteiger partial charge is 0.493 e. The minimum Gasteiger partial charge on any atom is -0.493 e. The number of fused-ring (bicyclic) bond motifs is 2. The van der Waals surface area contributed by atoms with E-state index in [1.54, 1.807) is 6.92 Å². The zero-order chi connectivity index (χ0) is 20.6. The van der Waals surface area contributed by atoms with Crippen LogP contribution in [0.5, 0.6) is 0 Å². The first kappa shape index (κ1) is 19.6. The van der Waals surface area contributed by atoms with E-state index >= 15 is 0 Å². The van der Waals surface area contributed by atoms with Gasteiger partial charge in [-0.25, -0.2) is 0 Å². The van der Waals surface area contributed by atoms with Gasteiger partial charge in [-0.1, -0.05) is 20.8 Å². The molecular weight excluding hydrogens is 364 g/mol. The lowest BCUT2D eigenvalue weighted by atomic mass is 9.39. The fourth-order valence-electron chi connectivity index (χ4n) is 7.01. The molecule has 1 heterocycles. The second-order valence-corrected chi connectivity index (χ2v) is 9.20. The van der Waals surface area contributed by atoms with Gasteiger partial charge in [0.05, 0.1) is 24.7 Å². The van der Waals surface area contributed by atoms with E-state index in [4.69, 9.17) is 14.2 Å². The van der Waals surface area contributed by atoms with Gasteiger partial charge in [-0.2, -0.15) is 0 Å². The first-order valence-corrected chi connectivity index (χ1v) is 9.87. The Morgan fingerprint density at radius 2 is 1.89 bits per heavy atom. The second-order valence-electron chi connectivity index (χ2n) is 9.20. The number of esters is 1. The molecule has 2 saturated carbocycles. The third kappa shape index (κ3) is 2.15. The smallest absolute Gasteiger partial charge is 0.306 e. The van der Waals surface area contributed by atoms with Crippen LogP contribution in [-0.4, -0.2) is 55.2 Å². The third-order valence-corrected chi connectivity index (χ3v) is 8.30. The molecule has 0 aromatic rings.